The number of nitrogens with zero attached hydrogens (tertiary/aromatic N) is 2. The van der Waals surface area contributed by atoms with Gasteiger partial charge < -0.3 is 4.57 Å². The van der Waals surface area contributed by atoms with Gasteiger partial charge in [0.2, 0.25) is 0 Å². The molecule has 0 fully saturated rings. The van der Waals surface area contributed by atoms with Crippen molar-refractivity contribution in [2.75, 3.05) is 0 Å². The Balaban J connectivity index is 2.93. The van der Waals surface area contributed by atoms with Crippen LogP contribution in [-0.2, 0) is 5.54 Å². The molecule has 0 saturated carbocycles. The van der Waals surface area contributed by atoms with Crippen molar-refractivity contribution in [3.05, 3.63) is 18.2 Å². The molecule has 1 unspecified atom stereocenters. The van der Waals surface area contributed by atoms with Gasteiger partial charge in [-0.05, 0) is 32.6 Å². The third kappa shape index (κ3) is 2.87. The molecule has 16 heavy (non-hydrogen) atoms. The molecule has 0 aromatic carbocycles. The fourth-order valence-electron chi connectivity index (χ4n) is 2.49. The Morgan fingerprint density at radius 1 is 1.31 bits per heavy atom. The Morgan fingerprint density at radius 3 is 2.56 bits per heavy atom. The van der Waals surface area contributed by atoms with E-state index in [0.717, 1.165) is 0 Å². The topological polar surface area (TPSA) is 17.8 Å². The molecule has 0 spiro atoms. The maximum atomic E-state index is 4.34. The summed E-state index contributed by atoms with van der Waals surface area (Å²) >= 11 is 0. The van der Waals surface area contributed by atoms with Crippen LogP contribution >= 0.6 is 0 Å². The highest BCUT2D eigenvalue weighted by atomic mass is 15.1. The van der Waals surface area contributed by atoms with E-state index in [9.17, 15) is 0 Å². The molecule has 1 atom stereocenters. The van der Waals surface area contributed by atoms with Crippen molar-refractivity contribution in [1.82, 2.24) is 9.55 Å². The van der Waals surface area contributed by atoms with Crippen molar-refractivity contribution in [3.63, 3.8) is 0 Å². The minimum atomic E-state index is 0.197. The lowest BCUT2D eigenvalue weighted by atomic mass is 9.95. The van der Waals surface area contributed by atoms with Crippen LogP contribution in [0.5, 0.6) is 0 Å². The van der Waals surface area contributed by atoms with Crippen LogP contribution in [0, 0.1) is 0 Å². The van der Waals surface area contributed by atoms with Crippen molar-refractivity contribution >= 4 is 0 Å². The first-order valence-electron chi connectivity index (χ1n) is 6.55. The Kier molecular flexibility index (Phi) is 4.57. The smallest absolute Gasteiger partial charge is 0.0953 e. The SMILES string of the molecule is CCCC(C)c1cncn1C(C)(C)CCC. The minimum absolute atomic E-state index is 0.197. The molecule has 0 aliphatic rings. The van der Waals surface area contributed by atoms with Gasteiger partial charge in [0.15, 0.2) is 0 Å². The Hall–Kier alpha value is -0.790. The molecule has 0 saturated heterocycles. The molecule has 0 N–H and O–H groups in total. The molecule has 92 valence electrons. The number of hydrogen-bond donors (Lipinski definition) is 0. The van der Waals surface area contributed by atoms with E-state index < -0.39 is 0 Å². The summed E-state index contributed by atoms with van der Waals surface area (Å²) in [5, 5.41) is 0. The number of imidazole rings is 1. The minimum Gasteiger partial charge on any atom is -0.329 e. The molecule has 0 aliphatic carbocycles. The standard InChI is InChI=1S/C14H26N2/c1-6-8-12(3)13-10-15-11-16(13)14(4,5)9-7-2/h10-12H,6-9H2,1-5H3. The zero-order valence-electron chi connectivity index (χ0n) is 11.5. The zero-order valence-corrected chi connectivity index (χ0v) is 11.5. The second kappa shape index (κ2) is 5.51. The summed E-state index contributed by atoms with van der Waals surface area (Å²) in [5.74, 6) is 0.614. The highest BCUT2D eigenvalue weighted by Crippen LogP contribution is 2.28. The van der Waals surface area contributed by atoms with Crippen LogP contribution in [0.4, 0.5) is 0 Å². The van der Waals surface area contributed by atoms with Crippen LogP contribution in [0.2, 0.25) is 0 Å². The summed E-state index contributed by atoms with van der Waals surface area (Å²) in [7, 11) is 0. The van der Waals surface area contributed by atoms with Crippen LogP contribution < -0.4 is 0 Å². The maximum absolute atomic E-state index is 4.34. The lowest BCUT2D eigenvalue weighted by Crippen LogP contribution is -2.27. The fourth-order valence-corrected chi connectivity index (χ4v) is 2.49. The van der Waals surface area contributed by atoms with Gasteiger partial charge in [-0.2, -0.15) is 0 Å². The summed E-state index contributed by atoms with van der Waals surface area (Å²) in [6, 6.07) is 0. The van der Waals surface area contributed by atoms with Crippen molar-refractivity contribution < 1.29 is 0 Å². The highest BCUT2D eigenvalue weighted by molar-refractivity contribution is 5.08. The van der Waals surface area contributed by atoms with Gasteiger partial charge in [0, 0.05) is 17.4 Å². The van der Waals surface area contributed by atoms with E-state index in [4.69, 9.17) is 0 Å². The van der Waals surface area contributed by atoms with Crippen LogP contribution in [0.1, 0.15) is 71.9 Å². The molecule has 1 aromatic rings. The largest absolute Gasteiger partial charge is 0.329 e. The monoisotopic (exact) mass is 222 g/mol. The van der Waals surface area contributed by atoms with Gasteiger partial charge in [-0.25, -0.2) is 4.98 Å². The van der Waals surface area contributed by atoms with Gasteiger partial charge in [-0.1, -0.05) is 33.6 Å². The lowest BCUT2D eigenvalue weighted by molar-refractivity contribution is 0.309. The summed E-state index contributed by atoms with van der Waals surface area (Å²) in [4.78, 5) is 4.34. The van der Waals surface area contributed by atoms with Crippen molar-refractivity contribution in [3.8, 4) is 0 Å². The van der Waals surface area contributed by atoms with Gasteiger partial charge in [-0.15, -0.1) is 0 Å². The Labute approximate surface area is 100 Å². The fraction of sp³-hybridized carbons (Fsp3) is 0.786. The van der Waals surface area contributed by atoms with E-state index in [-0.39, 0.29) is 5.54 Å². The van der Waals surface area contributed by atoms with Gasteiger partial charge in [0.25, 0.3) is 0 Å². The molecular weight excluding hydrogens is 196 g/mol. The van der Waals surface area contributed by atoms with Gasteiger partial charge >= 0.3 is 0 Å². The third-order valence-electron chi connectivity index (χ3n) is 3.41. The lowest BCUT2D eigenvalue weighted by Gasteiger charge is -2.30. The van der Waals surface area contributed by atoms with Crippen LogP contribution in [0.25, 0.3) is 0 Å². The maximum Gasteiger partial charge on any atom is 0.0953 e. The van der Waals surface area contributed by atoms with E-state index in [2.05, 4.69) is 44.2 Å². The quantitative estimate of drug-likeness (QED) is 0.701. The van der Waals surface area contributed by atoms with Crippen LogP contribution in [0.3, 0.4) is 0 Å². The molecule has 2 nitrogen and oxygen atoms in total. The Morgan fingerprint density at radius 2 is 2.00 bits per heavy atom. The molecule has 2 heteroatoms. The van der Waals surface area contributed by atoms with E-state index in [1.54, 1.807) is 0 Å². The Bertz CT molecular complexity index is 312. The molecule has 1 heterocycles. The summed E-state index contributed by atoms with van der Waals surface area (Å²) in [5.41, 5.74) is 1.59. The molecule has 0 bridgehead atoms. The molecular formula is C14H26N2. The predicted molar refractivity (Wildman–Crippen MR) is 69.8 cm³/mol. The third-order valence-corrected chi connectivity index (χ3v) is 3.41. The van der Waals surface area contributed by atoms with E-state index in [0.29, 0.717) is 5.92 Å². The number of rotatable bonds is 6. The van der Waals surface area contributed by atoms with E-state index in [1.807, 2.05) is 12.5 Å². The molecule has 0 aliphatic heterocycles. The van der Waals surface area contributed by atoms with Crippen molar-refractivity contribution in [1.29, 1.82) is 0 Å². The van der Waals surface area contributed by atoms with Gasteiger partial charge in [0.05, 0.1) is 6.33 Å². The van der Waals surface area contributed by atoms with Crippen LogP contribution in [0.15, 0.2) is 12.5 Å². The molecule has 0 radical (unpaired) electrons. The summed E-state index contributed by atoms with van der Waals surface area (Å²) in [6.07, 6.45) is 8.94. The molecule has 0 amide bonds. The average Bonchev–Trinajstić information content (AvgIpc) is 2.66. The van der Waals surface area contributed by atoms with Crippen molar-refractivity contribution in [2.24, 2.45) is 0 Å². The number of aromatic nitrogens is 2. The van der Waals surface area contributed by atoms with E-state index in [1.165, 1.54) is 31.4 Å². The summed E-state index contributed by atoms with van der Waals surface area (Å²) < 4.78 is 2.37. The first kappa shape index (κ1) is 13.3. The van der Waals surface area contributed by atoms with Crippen LogP contribution in [-0.4, -0.2) is 9.55 Å². The second-order valence-corrected chi connectivity index (χ2v) is 5.44. The highest BCUT2D eigenvalue weighted by Gasteiger charge is 2.23. The normalized spacial score (nSPS) is 14.1. The van der Waals surface area contributed by atoms with Gasteiger partial charge in [0.1, 0.15) is 0 Å². The van der Waals surface area contributed by atoms with E-state index >= 15 is 0 Å². The van der Waals surface area contributed by atoms with Gasteiger partial charge in [-0.3, -0.25) is 0 Å². The second-order valence-electron chi connectivity index (χ2n) is 5.44. The molecule has 1 aromatic heterocycles. The zero-order chi connectivity index (χ0) is 12.2. The molecule has 1 rings (SSSR count). The first-order valence-corrected chi connectivity index (χ1v) is 6.55. The average molecular weight is 222 g/mol. The predicted octanol–water partition coefficient (Wildman–Crippen LogP) is 4.32. The number of hydrogen-bond acceptors (Lipinski definition) is 1. The first-order chi connectivity index (χ1) is 7.53. The summed E-state index contributed by atoms with van der Waals surface area (Å²) in [6.45, 7) is 11.4. The van der Waals surface area contributed by atoms with Crippen molar-refractivity contribution in [2.45, 2.75) is 71.8 Å².